The molecule has 0 saturated carbocycles. The molecule has 2 N–H and O–H groups in total. The van der Waals surface area contributed by atoms with Crippen LogP contribution in [0, 0.1) is 12.7 Å². The summed E-state index contributed by atoms with van der Waals surface area (Å²) in [7, 11) is -3.77. The summed E-state index contributed by atoms with van der Waals surface area (Å²) < 4.78 is 46.9. The summed E-state index contributed by atoms with van der Waals surface area (Å²) in [6.07, 6.45) is 0.689. The first-order valence-electron chi connectivity index (χ1n) is 9.21. The predicted molar refractivity (Wildman–Crippen MR) is 104 cm³/mol. The Balaban J connectivity index is 1.60. The molecule has 1 atom stereocenters. The number of hydrogen-bond acceptors (Lipinski definition) is 5. The molecule has 152 valence electrons. The van der Waals surface area contributed by atoms with Crippen molar-refractivity contribution in [1.29, 1.82) is 0 Å². The summed E-state index contributed by atoms with van der Waals surface area (Å²) >= 11 is 0. The zero-order valence-electron chi connectivity index (χ0n) is 15.8. The minimum absolute atomic E-state index is 0.0142. The van der Waals surface area contributed by atoms with Gasteiger partial charge in [-0.1, -0.05) is 18.2 Å². The van der Waals surface area contributed by atoms with E-state index in [4.69, 9.17) is 9.84 Å². The van der Waals surface area contributed by atoms with Crippen molar-refractivity contribution in [2.45, 2.75) is 30.8 Å². The van der Waals surface area contributed by atoms with Crippen molar-refractivity contribution < 1.29 is 22.7 Å². The van der Waals surface area contributed by atoms with E-state index >= 15 is 0 Å². The molecular weight excluding hydrogens is 383 g/mol. The highest BCUT2D eigenvalue weighted by molar-refractivity contribution is 7.89. The first kappa shape index (κ1) is 20.7. The molecule has 0 unspecified atom stereocenters. The number of benzene rings is 2. The first-order chi connectivity index (χ1) is 13.4. The number of ether oxygens (including phenoxy) is 1. The smallest absolute Gasteiger partial charge is 0.241 e. The van der Waals surface area contributed by atoms with Crippen LogP contribution in [0.25, 0.3) is 0 Å². The maximum absolute atomic E-state index is 13.5. The van der Waals surface area contributed by atoms with Gasteiger partial charge in [0.25, 0.3) is 0 Å². The largest absolute Gasteiger partial charge is 0.491 e. The first-order valence-corrected chi connectivity index (χ1v) is 10.7. The third-order valence-electron chi connectivity index (χ3n) is 4.70. The van der Waals surface area contributed by atoms with Crippen LogP contribution < -0.4 is 9.46 Å². The van der Waals surface area contributed by atoms with E-state index in [1.54, 1.807) is 6.92 Å². The standard InChI is InChI=1S/C20H25FN2O4S/c1-15-5-6-17(21)12-20(15)28(25,26)22-18-7-8-23(14-18)13-16-3-2-4-19(11-16)27-10-9-24/h2-6,11-12,18,22,24H,7-10,13-14H2,1H3/t18-/m0/s1. The van der Waals surface area contributed by atoms with Crippen molar-refractivity contribution >= 4 is 10.0 Å². The second-order valence-electron chi connectivity index (χ2n) is 6.97. The highest BCUT2D eigenvalue weighted by Crippen LogP contribution is 2.21. The monoisotopic (exact) mass is 408 g/mol. The van der Waals surface area contributed by atoms with E-state index in [1.807, 2.05) is 24.3 Å². The number of rotatable bonds is 8. The van der Waals surface area contributed by atoms with Crippen LogP contribution in [-0.2, 0) is 16.6 Å². The lowest BCUT2D eigenvalue weighted by Crippen LogP contribution is -2.37. The lowest BCUT2D eigenvalue weighted by atomic mass is 10.2. The normalized spacial score (nSPS) is 17.8. The molecule has 1 aliphatic rings. The average Bonchev–Trinajstić information content (AvgIpc) is 3.08. The Morgan fingerprint density at radius 3 is 2.89 bits per heavy atom. The van der Waals surface area contributed by atoms with Crippen molar-refractivity contribution in [2.24, 2.45) is 0 Å². The third-order valence-corrected chi connectivity index (χ3v) is 6.36. The summed E-state index contributed by atoms with van der Waals surface area (Å²) in [4.78, 5) is 2.15. The van der Waals surface area contributed by atoms with Crippen molar-refractivity contribution in [1.82, 2.24) is 9.62 Å². The summed E-state index contributed by atoms with van der Waals surface area (Å²) in [5.41, 5.74) is 1.57. The molecule has 0 radical (unpaired) electrons. The Kier molecular flexibility index (Phi) is 6.66. The van der Waals surface area contributed by atoms with Gasteiger partial charge in [-0.15, -0.1) is 0 Å². The van der Waals surface area contributed by atoms with Crippen LogP contribution in [0.4, 0.5) is 4.39 Å². The molecule has 3 rings (SSSR count). The molecule has 1 heterocycles. The number of hydrogen-bond donors (Lipinski definition) is 2. The van der Waals surface area contributed by atoms with Gasteiger partial charge >= 0.3 is 0 Å². The number of sulfonamides is 1. The Morgan fingerprint density at radius 1 is 1.29 bits per heavy atom. The van der Waals surface area contributed by atoms with Gasteiger partial charge in [-0.05, 0) is 48.7 Å². The molecule has 1 aliphatic heterocycles. The second-order valence-corrected chi connectivity index (χ2v) is 8.65. The number of nitrogens with one attached hydrogen (secondary N) is 1. The van der Waals surface area contributed by atoms with Gasteiger partial charge in [0, 0.05) is 25.7 Å². The summed E-state index contributed by atoms with van der Waals surface area (Å²) in [5, 5.41) is 8.85. The van der Waals surface area contributed by atoms with Gasteiger partial charge in [-0.25, -0.2) is 17.5 Å². The zero-order chi connectivity index (χ0) is 20.1. The van der Waals surface area contributed by atoms with Crippen LogP contribution in [0.3, 0.4) is 0 Å². The maximum atomic E-state index is 13.5. The lowest BCUT2D eigenvalue weighted by Gasteiger charge is -2.18. The number of nitrogens with zero attached hydrogens (tertiary/aromatic N) is 1. The van der Waals surface area contributed by atoms with Gasteiger partial charge in [0.05, 0.1) is 11.5 Å². The molecule has 0 spiro atoms. The van der Waals surface area contributed by atoms with Crippen LogP contribution in [0.15, 0.2) is 47.4 Å². The molecule has 8 heteroatoms. The summed E-state index contributed by atoms with van der Waals surface area (Å²) in [5.74, 6) is 0.131. The van der Waals surface area contributed by atoms with Gasteiger partial charge in [-0.3, -0.25) is 4.90 Å². The van der Waals surface area contributed by atoms with Crippen molar-refractivity contribution in [3.63, 3.8) is 0 Å². The molecular formula is C20H25FN2O4S. The summed E-state index contributed by atoms with van der Waals surface area (Å²) in [6.45, 7) is 3.88. The van der Waals surface area contributed by atoms with E-state index in [1.165, 1.54) is 12.1 Å². The van der Waals surface area contributed by atoms with Gasteiger partial charge in [0.2, 0.25) is 10.0 Å². The maximum Gasteiger partial charge on any atom is 0.241 e. The fourth-order valence-electron chi connectivity index (χ4n) is 3.37. The van der Waals surface area contributed by atoms with Crippen LogP contribution in [-0.4, -0.2) is 50.8 Å². The van der Waals surface area contributed by atoms with Crippen LogP contribution in [0.2, 0.25) is 0 Å². The molecule has 28 heavy (non-hydrogen) atoms. The molecule has 1 fully saturated rings. The predicted octanol–water partition coefficient (Wildman–Crippen LogP) is 2.06. The Bertz CT molecular complexity index is 920. The second kappa shape index (κ2) is 9.00. The van der Waals surface area contributed by atoms with Gasteiger partial charge in [-0.2, -0.15) is 0 Å². The molecule has 6 nitrogen and oxygen atoms in total. The number of halogens is 1. The highest BCUT2D eigenvalue weighted by Gasteiger charge is 2.28. The molecule has 0 aliphatic carbocycles. The minimum Gasteiger partial charge on any atom is -0.491 e. The minimum atomic E-state index is -3.77. The molecule has 0 aromatic heterocycles. The molecule has 0 amide bonds. The average molecular weight is 408 g/mol. The molecule has 1 saturated heterocycles. The SMILES string of the molecule is Cc1ccc(F)cc1S(=O)(=O)N[C@H]1CCN(Cc2cccc(OCCO)c2)C1. The van der Waals surface area contributed by atoms with E-state index in [2.05, 4.69) is 9.62 Å². The zero-order valence-corrected chi connectivity index (χ0v) is 16.6. The lowest BCUT2D eigenvalue weighted by molar-refractivity contribution is 0.201. The van der Waals surface area contributed by atoms with E-state index < -0.39 is 15.8 Å². The summed E-state index contributed by atoms with van der Waals surface area (Å²) in [6, 6.07) is 11.2. The van der Waals surface area contributed by atoms with Crippen LogP contribution in [0.5, 0.6) is 5.75 Å². The number of likely N-dealkylation sites (tertiary alicyclic amines) is 1. The number of aliphatic hydroxyl groups excluding tert-OH is 1. The molecule has 2 aromatic rings. The van der Waals surface area contributed by atoms with Gasteiger partial charge in [0.15, 0.2) is 0 Å². The third kappa shape index (κ3) is 5.29. The van der Waals surface area contributed by atoms with E-state index in [0.29, 0.717) is 30.8 Å². The van der Waals surface area contributed by atoms with E-state index in [-0.39, 0.29) is 24.2 Å². The fraction of sp³-hybridized carbons (Fsp3) is 0.400. The van der Waals surface area contributed by atoms with E-state index in [0.717, 1.165) is 18.2 Å². The Hall–Kier alpha value is -2.00. The fourth-order valence-corrected chi connectivity index (χ4v) is 4.89. The van der Waals surface area contributed by atoms with Crippen molar-refractivity contribution in [2.75, 3.05) is 26.3 Å². The van der Waals surface area contributed by atoms with Crippen molar-refractivity contribution in [3.8, 4) is 5.75 Å². The Morgan fingerprint density at radius 2 is 2.11 bits per heavy atom. The van der Waals surface area contributed by atoms with Crippen LogP contribution >= 0.6 is 0 Å². The van der Waals surface area contributed by atoms with Gasteiger partial charge < -0.3 is 9.84 Å². The molecule has 0 bridgehead atoms. The van der Waals surface area contributed by atoms with Gasteiger partial charge in [0.1, 0.15) is 18.2 Å². The van der Waals surface area contributed by atoms with Crippen LogP contribution in [0.1, 0.15) is 17.5 Å². The molecule has 2 aromatic carbocycles. The van der Waals surface area contributed by atoms with E-state index in [9.17, 15) is 12.8 Å². The quantitative estimate of drug-likeness (QED) is 0.699. The number of aryl methyl sites for hydroxylation is 1. The Labute approximate surface area is 165 Å². The topological polar surface area (TPSA) is 78.9 Å². The number of aliphatic hydroxyl groups is 1. The highest BCUT2D eigenvalue weighted by atomic mass is 32.2. The van der Waals surface area contributed by atoms with Crippen molar-refractivity contribution in [3.05, 3.63) is 59.4 Å².